The fourth-order valence-electron chi connectivity index (χ4n) is 1.25. The van der Waals surface area contributed by atoms with Crippen LogP contribution in [0.25, 0.3) is 0 Å². The number of hydrogen-bond donors (Lipinski definition) is 2. The van der Waals surface area contributed by atoms with Crippen molar-refractivity contribution in [2.24, 2.45) is 0 Å². The lowest BCUT2D eigenvalue weighted by molar-refractivity contribution is -0.137. The van der Waals surface area contributed by atoms with E-state index >= 15 is 0 Å². The number of carbonyl (C=O) groups is 1. The van der Waals surface area contributed by atoms with E-state index in [1.807, 2.05) is 13.0 Å². The van der Waals surface area contributed by atoms with Crippen molar-refractivity contribution in [2.75, 3.05) is 0 Å². The Morgan fingerprint density at radius 3 is 2.60 bits per heavy atom. The number of carboxylic acid groups (broad SMARTS) is 1. The summed E-state index contributed by atoms with van der Waals surface area (Å²) in [7, 11) is 0. The zero-order valence-corrected chi connectivity index (χ0v) is 9.48. The molecule has 2 N–H and O–H groups in total. The van der Waals surface area contributed by atoms with E-state index in [9.17, 15) is 9.90 Å². The molecule has 1 unspecified atom stereocenters. The van der Waals surface area contributed by atoms with Crippen LogP contribution in [0.2, 0.25) is 0 Å². The predicted molar refractivity (Wildman–Crippen MR) is 60.8 cm³/mol. The van der Waals surface area contributed by atoms with Gasteiger partial charge in [0.05, 0.1) is 6.10 Å². The Hall–Kier alpha value is -0.830. The van der Waals surface area contributed by atoms with E-state index in [4.69, 9.17) is 5.11 Å². The van der Waals surface area contributed by atoms with Gasteiger partial charge in [0, 0.05) is 6.42 Å². The Bertz CT molecular complexity index is 187. The van der Waals surface area contributed by atoms with Crippen LogP contribution in [-0.2, 0) is 4.79 Å². The molecule has 0 aliphatic heterocycles. The van der Waals surface area contributed by atoms with Gasteiger partial charge < -0.3 is 10.2 Å². The SMILES string of the molecule is CCC(O)CC=CCCCCCC(=O)O. The summed E-state index contributed by atoms with van der Waals surface area (Å²) in [6, 6.07) is 0. The van der Waals surface area contributed by atoms with Crippen LogP contribution in [0.4, 0.5) is 0 Å². The normalized spacial score (nSPS) is 13.2. The molecule has 0 aromatic carbocycles. The van der Waals surface area contributed by atoms with Gasteiger partial charge in [0.25, 0.3) is 0 Å². The van der Waals surface area contributed by atoms with Gasteiger partial charge in [0.2, 0.25) is 0 Å². The standard InChI is InChI=1S/C12H22O3/c1-2-11(13)9-7-5-3-4-6-8-10-12(14)15/h5,7,11,13H,2-4,6,8-10H2,1H3,(H,14,15). The third-order valence-electron chi connectivity index (χ3n) is 2.31. The number of aliphatic hydroxyl groups excluding tert-OH is 1. The highest BCUT2D eigenvalue weighted by atomic mass is 16.4. The summed E-state index contributed by atoms with van der Waals surface area (Å²) in [5, 5.41) is 17.6. The molecule has 0 saturated heterocycles. The number of rotatable bonds is 9. The van der Waals surface area contributed by atoms with Crippen LogP contribution in [0, 0.1) is 0 Å². The van der Waals surface area contributed by atoms with E-state index in [-0.39, 0.29) is 12.5 Å². The molecule has 3 heteroatoms. The van der Waals surface area contributed by atoms with Crippen molar-refractivity contribution in [1.29, 1.82) is 0 Å². The molecule has 0 spiro atoms. The van der Waals surface area contributed by atoms with Crippen molar-refractivity contribution < 1.29 is 15.0 Å². The van der Waals surface area contributed by atoms with Crippen LogP contribution in [0.1, 0.15) is 51.9 Å². The number of allylic oxidation sites excluding steroid dienone is 1. The first kappa shape index (κ1) is 14.2. The highest BCUT2D eigenvalue weighted by Crippen LogP contribution is 2.05. The Balaban J connectivity index is 3.20. The van der Waals surface area contributed by atoms with Crippen LogP contribution in [0.3, 0.4) is 0 Å². The molecule has 0 aromatic heterocycles. The maximum Gasteiger partial charge on any atom is 0.303 e. The van der Waals surface area contributed by atoms with Gasteiger partial charge in [-0.2, -0.15) is 0 Å². The Labute approximate surface area is 91.8 Å². The maximum absolute atomic E-state index is 10.2. The topological polar surface area (TPSA) is 57.5 Å². The van der Waals surface area contributed by atoms with Gasteiger partial charge in [-0.05, 0) is 32.1 Å². The third kappa shape index (κ3) is 11.1. The lowest BCUT2D eigenvalue weighted by atomic mass is 10.1. The third-order valence-corrected chi connectivity index (χ3v) is 2.31. The molecule has 88 valence electrons. The molecule has 0 radical (unpaired) electrons. The van der Waals surface area contributed by atoms with Gasteiger partial charge in [0.15, 0.2) is 0 Å². The van der Waals surface area contributed by atoms with E-state index in [0.29, 0.717) is 0 Å². The smallest absolute Gasteiger partial charge is 0.303 e. The van der Waals surface area contributed by atoms with Gasteiger partial charge >= 0.3 is 5.97 Å². The van der Waals surface area contributed by atoms with Gasteiger partial charge in [-0.3, -0.25) is 4.79 Å². The summed E-state index contributed by atoms with van der Waals surface area (Å²) < 4.78 is 0. The number of hydrogen-bond acceptors (Lipinski definition) is 2. The highest BCUT2D eigenvalue weighted by Gasteiger charge is 1.96. The lowest BCUT2D eigenvalue weighted by Gasteiger charge is -2.01. The largest absolute Gasteiger partial charge is 0.481 e. The fraction of sp³-hybridized carbons (Fsp3) is 0.750. The van der Waals surface area contributed by atoms with Crippen LogP contribution in [0.5, 0.6) is 0 Å². The molecular weight excluding hydrogens is 192 g/mol. The maximum atomic E-state index is 10.2. The van der Waals surface area contributed by atoms with Gasteiger partial charge in [0.1, 0.15) is 0 Å². The number of carboxylic acids is 1. The fourth-order valence-corrected chi connectivity index (χ4v) is 1.25. The molecule has 0 rings (SSSR count). The van der Waals surface area contributed by atoms with Crippen LogP contribution in [0.15, 0.2) is 12.2 Å². The second kappa shape index (κ2) is 9.71. The predicted octanol–water partition coefficient (Wildman–Crippen LogP) is 2.74. The Kier molecular flexibility index (Phi) is 9.18. The summed E-state index contributed by atoms with van der Waals surface area (Å²) in [4.78, 5) is 10.2. The minimum Gasteiger partial charge on any atom is -0.481 e. The van der Waals surface area contributed by atoms with Gasteiger partial charge in [-0.25, -0.2) is 0 Å². The first-order chi connectivity index (χ1) is 7.16. The summed E-state index contributed by atoms with van der Waals surface area (Å²) in [5.41, 5.74) is 0. The van der Waals surface area contributed by atoms with Crippen molar-refractivity contribution in [3.8, 4) is 0 Å². The van der Waals surface area contributed by atoms with Gasteiger partial charge in [-0.1, -0.05) is 25.5 Å². The minimum absolute atomic E-state index is 0.215. The molecule has 0 aliphatic rings. The first-order valence-electron chi connectivity index (χ1n) is 5.71. The molecule has 0 aromatic rings. The second-order valence-electron chi connectivity index (χ2n) is 3.76. The van der Waals surface area contributed by atoms with Crippen molar-refractivity contribution in [1.82, 2.24) is 0 Å². The first-order valence-corrected chi connectivity index (χ1v) is 5.71. The second-order valence-corrected chi connectivity index (χ2v) is 3.76. The summed E-state index contributed by atoms with van der Waals surface area (Å²) >= 11 is 0. The summed E-state index contributed by atoms with van der Waals surface area (Å²) in [6.45, 7) is 1.96. The minimum atomic E-state index is -0.711. The Morgan fingerprint density at radius 1 is 1.27 bits per heavy atom. The van der Waals surface area contributed by atoms with E-state index < -0.39 is 5.97 Å². The molecule has 3 nitrogen and oxygen atoms in total. The zero-order valence-electron chi connectivity index (χ0n) is 9.48. The molecule has 0 fully saturated rings. The van der Waals surface area contributed by atoms with Gasteiger partial charge in [-0.15, -0.1) is 0 Å². The molecule has 0 heterocycles. The summed E-state index contributed by atoms with van der Waals surface area (Å²) in [6.07, 6.45) is 9.40. The zero-order chi connectivity index (χ0) is 11.5. The summed E-state index contributed by atoms with van der Waals surface area (Å²) in [5.74, 6) is -0.711. The molecule has 1 atom stereocenters. The van der Waals surface area contributed by atoms with E-state index in [2.05, 4.69) is 6.08 Å². The molecule has 15 heavy (non-hydrogen) atoms. The van der Waals surface area contributed by atoms with Crippen LogP contribution in [-0.4, -0.2) is 22.3 Å². The van der Waals surface area contributed by atoms with E-state index in [0.717, 1.165) is 38.5 Å². The van der Waals surface area contributed by atoms with E-state index in [1.54, 1.807) is 0 Å². The van der Waals surface area contributed by atoms with Crippen molar-refractivity contribution >= 4 is 5.97 Å². The number of unbranched alkanes of at least 4 members (excludes halogenated alkanes) is 3. The number of aliphatic hydroxyl groups is 1. The van der Waals surface area contributed by atoms with E-state index in [1.165, 1.54) is 0 Å². The van der Waals surface area contributed by atoms with Crippen molar-refractivity contribution in [2.45, 2.75) is 58.0 Å². The highest BCUT2D eigenvalue weighted by molar-refractivity contribution is 5.66. The lowest BCUT2D eigenvalue weighted by Crippen LogP contribution is -2.01. The monoisotopic (exact) mass is 214 g/mol. The van der Waals surface area contributed by atoms with Crippen LogP contribution < -0.4 is 0 Å². The molecular formula is C12H22O3. The molecule has 0 aliphatic carbocycles. The average molecular weight is 214 g/mol. The molecule has 0 saturated carbocycles. The quantitative estimate of drug-likeness (QED) is 0.458. The number of aliphatic carboxylic acids is 1. The van der Waals surface area contributed by atoms with Crippen molar-refractivity contribution in [3.63, 3.8) is 0 Å². The van der Waals surface area contributed by atoms with Crippen molar-refractivity contribution in [3.05, 3.63) is 12.2 Å². The molecule has 0 bridgehead atoms. The average Bonchev–Trinajstić information content (AvgIpc) is 2.21. The molecule has 0 amide bonds. The van der Waals surface area contributed by atoms with Crippen LogP contribution >= 0.6 is 0 Å². The Morgan fingerprint density at radius 2 is 2.00 bits per heavy atom.